The molecule has 0 atom stereocenters. The number of nitrogens with zero attached hydrogens (tertiary/aromatic N) is 3. The second-order valence-corrected chi connectivity index (χ2v) is 4.85. The molecule has 1 aromatic heterocycles. The van der Waals surface area contributed by atoms with Gasteiger partial charge in [-0.05, 0) is 18.9 Å². The highest BCUT2D eigenvalue weighted by molar-refractivity contribution is 5.50. The Morgan fingerprint density at radius 1 is 1.00 bits per heavy atom. The molecule has 0 bridgehead atoms. The van der Waals surface area contributed by atoms with E-state index in [0.717, 1.165) is 11.6 Å². The second-order valence-electron chi connectivity index (χ2n) is 4.85. The monoisotopic (exact) mass is 325 g/mol. The molecule has 130 valence electrons. The van der Waals surface area contributed by atoms with Crippen molar-refractivity contribution in [3.05, 3.63) is 18.3 Å². The van der Waals surface area contributed by atoms with Crippen LogP contribution in [0, 0.1) is 0 Å². The van der Waals surface area contributed by atoms with Crippen molar-refractivity contribution in [3.63, 3.8) is 0 Å². The van der Waals surface area contributed by atoms with E-state index in [0.29, 0.717) is 52.8 Å². The summed E-state index contributed by atoms with van der Waals surface area (Å²) in [4.78, 5) is 9.88. The zero-order valence-electron chi connectivity index (χ0n) is 14.1. The number of pyridine rings is 1. The molecule has 0 aliphatic carbocycles. The quantitative estimate of drug-likeness (QED) is 0.379. The third-order valence-corrected chi connectivity index (χ3v) is 2.80. The van der Waals surface area contributed by atoms with Crippen molar-refractivity contribution in [2.75, 3.05) is 71.8 Å². The summed E-state index contributed by atoms with van der Waals surface area (Å²) < 4.78 is 21.8. The maximum absolute atomic E-state index is 5.68. The SMILES string of the molecule is C=NCCOCCOCCOCCOc1cccnc1N(C)C. The first-order valence-corrected chi connectivity index (χ1v) is 7.66. The summed E-state index contributed by atoms with van der Waals surface area (Å²) in [5.74, 6) is 1.56. The molecule has 1 heterocycles. The number of rotatable bonds is 14. The van der Waals surface area contributed by atoms with E-state index in [2.05, 4.69) is 16.7 Å². The van der Waals surface area contributed by atoms with Crippen LogP contribution < -0.4 is 9.64 Å². The first kappa shape index (κ1) is 19.3. The summed E-state index contributed by atoms with van der Waals surface area (Å²) >= 11 is 0. The normalized spacial score (nSPS) is 10.5. The minimum atomic E-state index is 0.476. The summed E-state index contributed by atoms with van der Waals surface area (Å²) in [6, 6.07) is 3.75. The average molecular weight is 325 g/mol. The molecule has 0 fully saturated rings. The van der Waals surface area contributed by atoms with Gasteiger partial charge in [0.2, 0.25) is 0 Å². The van der Waals surface area contributed by atoms with Crippen LogP contribution in [0.15, 0.2) is 23.3 Å². The van der Waals surface area contributed by atoms with Gasteiger partial charge in [-0.2, -0.15) is 0 Å². The minimum Gasteiger partial charge on any atom is -0.487 e. The molecule has 0 saturated heterocycles. The third-order valence-electron chi connectivity index (χ3n) is 2.80. The van der Waals surface area contributed by atoms with Crippen LogP contribution in [0.4, 0.5) is 5.82 Å². The van der Waals surface area contributed by atoms with Gasteiger partial charge in [0, 0.05) is 20.3 Å². The topological polar surface area (TPSA) is 65.4 Å². The van der Waals surface area contributed by atoms with Gasteiger partial charge >= 0.3 is 0 Å². The molecule has 0 unspecified atom stereocenters. The smallest absolute Gasteiger partial charge is 0.170 e. The van der Waals surface area contributed by atoms with Gasteiger partial charge in [0.1, 0.15) is 6.61 Å². The van der Waals surface area contributed by atoms with Crippen molar-refractivity contribution in [2.24, 2.45) is 4.99 Å². The predicted octanol–water partition coefficient (Wildman–Crippen LogP) is 1.28. The molecule has 7 heteroatoms. The Morgan fingerprint density at radius 3 is 2.22 bits per heavy atom. The van der Waals surface area contributed by atoms with Crippen molar-refractivity contribution >= 4 is 12.5 Å². The number of ether oxygens (including phenoxy) is 4. The Hall–Kier alpha value is -1.70. The molecule has 0 aliphatic rings. The molecule has 0 spiro atoms. The van der Waals surface area contributed by atoms with Gasteiger partial charge in [-0.15, -0.1) is 0 Å². The fraction of sp³-hybridized carbons (Fsp3) is 0.625. The van der Waals surface area contributed by atoms with Crippen molar-refractivity contribution in [1.82, 2.24) is 4.98 Å². The largest absolute Gasteiger partial charge is 0.487 e. The zero-order valence-corrected chi connectivity index (χ0v) is 14.1. The van der Waals surface area contributed by atoms with Crippen molar-refractivity contribution in [2.45, 2.75) is 0 Å². The van der Waals surface area contributed by atoms with E-state index in [-0.39, 0.29) is 0 Å². The maximum Gasteiger partial charge on any atom is 0.170 e. The molecule has 0 saturated carbocycles. The van der Waals surface area contributed by atoms with Crippen LogP contribution in [0.2, 0.25) is 0 Å². The predicted molar refractivity (Wildman–Crippen MR) is 90.9 cm³/mol. The van der Waals surface area contributed by atoms with E-state index >= 15 is 0 Å². The summed E-state index contributed by atoms with van der Waals surface area (Å²) in [7, 11) is 3.86. The van der Waals surface area contributed by atoms with Crippen LogP contribution in [-0.2, 0) is 14.2 Å². The molecule has 0 radical (unpaired) electrons. The van der Waals surface area contributed by atoms with Gasteiger partial charge in [0.05, 0.1) is 46.2 Å². The van der Waals surface area contributed by atoms with E-state index in [1.165, 1.54) is 0 Å². The number of hydrogen-bond donors (Lipinski definition) is 0. The lowest BCUT2D eigenvalue weighted by Gasteiger charge is -2.16. The Bertz CT molecular complexity index is 430. The fourth-order valence-electron chi connectivity index (χ4n) is 1.71. The first-order valence-electron chi connectivity index (χ1n) is 7.66. The lowest BCUT2D eigenvalue weighted by Crippen LogP contribution is -2.15. The van der Waals surface area contributed by atoms with Crippen LogP contribution in [-0.4, -0.2) is 78.6 Å². The molecule has 23 heavy (non-hydrogen) atoms. The highest BCUT2D eigenvalue weighted by Crippen LogP contribution is 2.22. The standard InChI is InChI=1S/C16H27N3O4/c1-17-7-8-20-9-10-21-11-12-22-13-14-23-15-5-4-6-18-16(15)19(2)3/h4-6H,1,7-14H2,2-3H3. The third kappa shape index (κ3) is 9.12. The molecule has 1 aromatic rings. The zero-order chi connectivity index (χ0) is 16.8. The van der Waals surface area contributed by atoms with Gasteiger partial charge in [-0.3, -0.25) is 4.99 Å². The van der Waals surface area contributed by atoms with Crippen molar-refractivity contribution < 1.29 is 18.9 Å². The van der Waals surface area contributed by atoms with E-state index in [4.69, 9.17) is 18.9 Å². The molecular weight excluding hydrogens is 298 g/mol. The van der Waals surface area contributed by atoms with Gasteiger partial charge in [-0.1, -0.05) is 0 Å². The van der Waals surface area contributed by atoms with Crippen LogP contribution in [0.25, 0.3) is 0 Å². The maximum atomic E-state index is 5.68. The molecule has 0 aliphatic heterocycles. The molecule has 0 N–H and O–H groups in total. The summed E-state index contributed by atoms with van der Waals surface area (Å²) in [6.07, 6.45) is 1.74. The summed E-state index contributed by atoms with van der Waals surface area (Å²) in [5.41, 5.74) is 0. The lowest BCUT2D eigenvalue weighted by molar-refractivity contribution is 0.0106. The van der Waals surface area contributed by atoms with Crippen LogP contribution in [0.5, 0.6) is 5.75 Å². The number of anilines is 1. The van der Waals surface area contributed by atoms with Gasteiger partial charge in [0.25, 0.3) is 0 Å². The van der Waals surface area contributed by atoms with E-state index in [1.54, 1.807) is 6.20 Å². The Labute approximate surface area is 138 Å². The van der Waals surface area contributed by atoms with Crippen molar-refractivity contribution in [1.29, 1.82) is 0 Å². The Balaban J connectivity index is 1.97. The van der Waals surface area contributed by atoms with E-state index < -0.39 is 0 Å². The number of aliphatic imine (C=N–C) groups is 1. The van der Waals surface area contributed by atoms with Crippen LogP contribution in [0.3, 0.4) is 0 Å². The molecule has 7 nitrogen and oxygen atoms in total. The van der Waals surface area contributed by atoms with Crippen LogP contribution >= 0.6 is 0 Å². The molecule has 0 amide bonds. The fourth-order valence-corrected chi connectivity index (χ4v) is 1.71. The molecular formula is C16H27N3O4. The minimum absolute atomic E-state index is 0.476. The number of hydrogen-bond acceptors (Lipinski definition) is 7. The Kier molecular flexibility index (Phi) is 10.8. The summed E-state index contributed by atoms with van der Waals surface area (Å²) in [6.45, 7) is 7.76. The van der Waals surface area contributed by atoms with Crippen LogP contribution in [0.1, 0.15) is 0 Å². The average Bonchev–Trinajstić information content (AvgIpc) is 2.56. The van der Waals surface area contributed by atoms with Gasteiger partial charge in [-0.25, -0.2) is 4.98 Å². The molecule has 0 aromatic carbocycles. The first-order chi connectivity index (χ1) is 11.3. The highest BCUT2D eigenvalue weighted by Gasteiger charge is 2.05. The van der Waals surface area contributed by atoms with E-state index in [9.17, 15) is 0 Å². The van der Waals surface area contributed by atoms with E-state index in [1.807, 2.05) is 31.1 Å². The molecule has 1 rings (SSSR count). The van der Waals surface area contributed by atoms with Crippen molar-refractivity contribution in [3.8, 4) is 5.75 Å². The second kappa shape index (κ2) is 12.8. The Morgan fingerprint density at radius 2 is 1.61 bits per heavy atom. The van der Waals surface area contributed by atoms with Gasteiger partial charge < -0.3 is 23.8 Å². The lowest BCUT2D eigenvalue weighted by atomic mass is 10.4. The van der Waals surface area contributed by atoms with Gasteiger partial charge in [0.15, 0.2) is 11.6 Å². The number of aromatic nitrogens is 1. The summed E-state index contributed by atoms with van der Waals surface area (Å²) in [5, 5.41) is 0. The highest BCUT2D eigenvalue weighted by atomic mass is 16.6.